The fraction of sp³-hybridized carbons (Fsp3) is 0.909. The minimum absolute atomic E-state index is 0.0610. The van der Waals surface area contributed by atoms with Crippen LogP contribution in [0.15, 0.2) is 0 Å². The van der Waals surface area contributed by atoms with Gasteiger partial charge in [-0.2, -0.15) is 0 Å². The molecule has 0 spiro atoms. The van der Waals surface area contributed by atoms with Gasteiger partial charge in [-0.05, 0) is 34.6 Å². The largest absolute Gasteiger partial charge is 0.464 e. The Morgan fingerprint density at radius 1 is 1.20 bits per heavy atom. The first kappa shape index (κ1) is 15.2. The smallest absolute Gasteiger partial charge is 0.318 e. The third-order valence-electron chi connectivity index (χ3n) is 2.25. The molecule has 0 bridgehead atoms. The summed E-state index contributed by atoms with van der Waals surface area (Å²) in [6.07, 6.45) is 0. The zero-order valence-corrected chi connectivity index (χ0v) is 12.4. The maximum absolute atomic E-state index is 11.2. The monoisotopic (exact) mass is 327 g/mol. The average molecular weight is 327 g/mol. The Balaban J connectivity index is 3.87. The number of nitrogens with zero attached hydrogens (tertiary/aromatic N) is 1. The lowest BCUT2D eigenvalue weighted by Crippen LogP contribution is -2.39. The summed E-state index contributed by atoms with van der Waals surface area (Å²) >= 11 is 2.06. The van der Waals surface area contributed by atoms with Crippen LogP contribution in [0.4, 0.5) is 0 Å². The van der Waals surface area contributed by atoms with Crippen LogP contribution in [0.1, 0.15) is 34.6 Å². The summed E-state index contributed by atoms with van der Waals surface area (Å²) in [6.45, 7) is 11.8. The summed E-state index contributed by atoms with van der Waals surface area (Å²) in [5.41, 5.74) is 0. The van der Waals surface area contributed by atoms with E-state index in [2.05, 4.69) is 55.2 Å². The molecule has 4 heteroatoms. The van der Waals surface area contributed by atoms with Crippen molar-refractivity contribution in [2.75, 3.05) is 13.2 Å². The molecule has 0 aromatic rings. The zero-order chi connectivity index (χ0) is 12.0. The molecule has 0 aliphatic rings. The van der Waals surface area contributed by atoms with Gasteiger partial charge in [0.15, 0.2) is 0 Å². The van der Waals surface area contributed by atoms with Gasteiger partial charge < -0.3 is 4.74 Å². The Morgan fingerprint density at radius 2 is 1.67 bits per heavy atom. The van der Waals surface area contributed by atoms with Crippen molar-refractivity contribution in [2.24, 2.45) is 0 Å². The number of rotatable bonds is 6. The number of hydrogen-bond acceptors (Lipinski definition) is 3. The minimum Gasteiger partial charge on any atom is -0.464 e. The van der Waals surface area contributed by atoms with Gasteiger partial charge in [-0.3, -0.25) is 9.69 Å². The van der Waals surface area contributed by atoms with Gasteiger partial charge in [0.2, 0.25) is 0 Å². The molecule has 0 aromatic heterocycles. The highest BCUT2D eigenvalue weighted by molar-refractivity contribution is 14.1. The number of esters is 1. The Hall–Kier alpha value is 0.160. The van der Waals surface area contributed by atoms with Gasteiger partial charge in [0, 0.05) is 18.6 Å². The van der Waals surface area contributed by atoms with Gasteiger partial charge in [-0.1, -0.05) is 22.6 Å². The molecule has 0 amide bonds. The molecule has 0 radical (unpaired) electrons. The fourth-order valence-corrected chi connectivity index (χ4v) is 1.66. The quantitative estimate of drug-likeness (QED) is 0.426. The maximum Gasteiger partial charge on any atom is 0.318 e. The molecule has 15 heavy (non-hydrogen) atoms. The van der Waals surface area contributed by atoms with Crippen molar-refractivity contribution >= 4 is 28.6 Å². The van der Waals surface area contributed by atoms with Crippen molar-refractivity contribution in [1.29, 1.82) is 0 Å². The molecule has 0 saturated heterocycles. The van der Waals surface area contributed by atoms with Crippen LogP contribution in [0, 0.1) is 0 Å². The van der Waals surface area contributed by atoms with Crippen LogP contribution in [-0.2, 0) is 9.53 Å². The van der Waals surface area contributed by atoms with E-state index in [0.29, 0.717) is 18.7 Å². The second kappa shape index (κ2) is 7.44. The van der Waals surface area contributed by atoms with Gasteiger partial charge in [-0.25, -0.2) is 0 Å². The van der Waals surface area contributed by atoms with E-state index in [1.54, 1.807) is 0 Å². The van der Waals surface area contributed by atoms with Crippen LogP contribution >= 0.6 is 22.6 Å². The molecule has 0 N–H and O–H groups in total. The van der Waals surface area contributed by atoms with Gasteiger partial charge in [0.05, 0.1) is 0 Å². The van der Waals surface area contributed by atoms with Gasteiger partial charge >= 0.3 is 5.97 Å². The van der Waals surface area contributed by atoms with Crippen molar-refractivity contribution in [3.63, 3.8) is 0 Å². The predicted octanol–water partition coefficient (Wildman–Crippen LogP) is 2.47. The van der Waals surface area contributed by atoms with E-state index < -0.39 is 0 Å². The summed E-state index contributed by atoms with van der Waals surface area (Å²) in [4.78, 5) is 13.5. The first-order valence-electron chi connectivity index (χ1n) is 5.42. The molecule has 0 fully saturated rings. The number of carbonyl (C=O) groups is 1. The van der Waals surface area contributed by atoms with E-state index in [4.69, 9.17) is 4.74 Å². The summed E-state index contributed by atoms with van der Waals surface area (Å²) in [5.74, 6) is -0.122. The summed E-state index contributed by atoms with van der Waals surface area (Å²) in [7, 11) is 0. The van der Waals surface area contributed by atoms with Gasteiger partial charge in [0.25, 0.3) is 0 Å². The van der Waals surface area contributed by atoms with E-state index >= 15 is 0 Å². The molecule has 0 saturated carbocycles. The molecule has 90 valence electrons. The van der Waals surface area contributed by atoms with Crippen LogP contribution in [0.5, 0.6) is 0 Å². The average Bonchev–Trinajstić information content (AvgIpc) is 2.10. The molecule has 0 rings (SSSR count). The topological polar surface area (TPSA) is 29.5 Å². The van der Waals surface area contributed by atoms with Crippen LogP contribution < -0.4 is 0 Å². The highest BCUT2D eigenvalue weighted by atomic mass is 127. The van der Waals surface area contributed by atoms with Crippen molar-refractivity contribution in [1.82, 2.24) is 4.90 Å². The third-order valence-corrected chi connectivity index (χ3v) is 2.75. The number of carbonyl (C=O) groups excluding carboxylic acids is 1. The molecule has 0 heterocycles. The first-order chi connectivity index (χ1) is 6.86. The second-order valence-corrected chi connectivity index (χ2v) is 6.08. The van der Waals surface area contributed by atoms with Gasteiger partial charge in [0.1, 0.15) is 10.5 Å². The Labute approximate surface area is 107 Å². The summed E-state index contributed by atoms with van der Waals surface area (Å²) in [5, 5.41) is 0. The molecule has 3 nitrogen and oxygen atoms in total. The van der Waals surface area contributed by atoms with E-state index in [1.807, 2.05) is 6.92 Å². The van der Waals surface area contributed by atoms with E-state index in [9.17, 15) is 4.79 Å². The molecule has 0 aliphatic heterocycles. The third kappa shape index (κ3) is 6.35. The Morgan fingerprint density at radius 3 is 2.00 bits per heavy atom. The van der Waals surface area contributed by atoms with Crippen molar-refractivity contribution in [3.05, 3.63) is 0 Å². The normalized spacial score (nSPS) is 13.7. The van der Waals surface area contributed by atoms with E-state index in [1.165, 1.54) is 0 Å². The maximum atomic E-state index is 11.2. The van der Waals surface area contributed by atoms with E-state index in [-0.39, 0.29) is 9.89 Å². The molecular weight excluding hydrogens is 305 g/mol. The standard InChI is InChI=1S/C11H22INO2/c1-8(2)13(9(3)4)6-7-15-11(14)10(5)12/h8-10H,6-7H2,1-5H3. The number of halogens is 1. The minimum atomic E-state index is -0.122. The number of ether oxygens (including phenoxy) is 1. The molecule has 1 unspecified atom stereocenters. The van der Waals surface area contributed by atoms with Crippen molar-refractivity contribution < 1.29 is 9.53 Å². The second-order valence-electron chi connectivity index (χ2n) is 4.21. The zero-order valence-electron chi connectivity index (χ0n) is 10.3. The fourth-order valence-electron chi connectivity index (χ4n) is 1.48. The van der Waals surface area contributed by atoms with E-state index in [0.717, 1.165) is 6.54 Å². The SMILES string of the molecule is CC(I)C(=O)OCCN(C(C)C)C(C)C. The van der Waals surface area contributed by atoms with Crippen LogP contribution in [-0.4, -0.2) is 40.0 Å². The highest BCUT2D eigenvalue weighted by Crippen LogP contribution is 2.05. The van der Waals surface area contributed by atoms with Crippen LogP contribution in [0.2, 0.25) is 0 Å². The molecular formula is C11H22INO2. The molecule has 0 aromatic carbocycles. The van der Waals surface area contributed by atoms with Crippen LogP contribution in [0.25, 0.3) is 0 Å². The first-order valence-corrected chi connectivity index (χ1v) is 6.67. The lowest BCUT2D eigenvalue weighted by Gasteiger charge is -2.30. The highest BCUT2D eigenvalue weighted by Gasteiger charge is 2.15. The lowest BCUT2D eigenvalue weighted by atomic mass is 10.2. The number of alkyl halides is 1. The van der Waals surface area contributed by atoms with Crippen molar-refractivity contribution in [2.45, 2.75) is 50.6 Å². The summed E-state index contributed by atoms with van der Waals surface area (Å²) < 4.78 is 5.09. The van der Waals surface area contributed by atoms with Crippen molar-refractivity contribution in [3.8, 4) is 0 Å². The van der Waals surface area contributed by atoms with Gasteiger partial charge in [-0.15, -0.1) is 0 Å². The number of hydrogen-bond donors (Lipinski definition) is 0. The molecule has 1 atom stereocenters. The Bertz CT molecular complexity index is 185. The summed E-state index contributed by atoms with van der Waals surface area (Å²) in [6, 6.07) is 0.974. The predicted molar refractivity (Wildman–Crippen MR) is 71.4 cm³/mol. The Kier molecular flexibility index (Phi) is 7.52. The molecule has 0 aliphatic carbocycles. The van der Waals surface area contributed by atoms with Crippen LogP contribution in [0.3, 0.4) is 0 Å². The lowest BCUT2D eigenvalue weighted by molar-refractivity contribution is -0.142.